The van der Waals surface area contributed by atoms with Gasteiger partial charge < -0.3 is 9.51 Å². The summed E-state index contributed by atoms with van der Waals surface area (Å²) in [5.41, 5.74) is 2.91. The number of aromatic nitrogens is 5. The lowest BCUT2D eigenvalue weighted by Gasteiger charge is -1.99. The van der Waals surface area contributed by atoms with Crippen molar-refractivity contribution >= 4 is 27.0 Å². The molecule has 3 aromatic heterocycles. The van der Waals surface area contributed by atoms with Gasteiger partial charge in [0.2, 0.25) is 18.5 Å². The molecule has 0 radical (unpaired) electrons. The van der Waals surface area contributed by atoms with Crippen LogP contribution in [0.3, 0.4) is 0 Å². The lowest BCUT2D eigenvalue weighted by Crippen LogP contribution is -2.37. The summed E-state index contributed by atoms with van der Waals surface area (Å²) < 4.78 is 35.7. The summed E-state index contributed by atoms with van der Waals surface area (Å²) in [4.78, 5) is 7.32. The summed E-state index contributed by atoms with van der Waals surface area (Å²) in [6, 6.07) is 13.6. The van der Waals surface area contributed by atoms with Crippen LogP contribution >= 0.6 is 15.9 Å². The third-order valence-electron chi connectivity index (χ3n) is 4.59. The van der Waals surface area contributed by atoms with Crippen molar-refractivity contribution < 1.29 is 18.0 Å². The molecule has 3 heterocycles. The molecule has 6 nitrogen and oxygen atoms in total. The van der Waals surface area contributed by atoms with E-state index in [0.29, 0.717) is 23.3 Å². The van der Waals surface area contributed by atoms with Gasteiger partial charge in [0.1, 0.15) is 28.7 Å². The zero-order valence-electron chi connectivity index (χ0n) is 15.3. The third kappa shape index (κ3) is 3.48. The molecule has 1 N–H and O–H groups in total. The highest BCUT2D eigenvalue weighted by Gasteiger charge is 2.17. The van der Waals surface area contributed by atoms with Gasteiger partial charge in [-0.05, 0) is 29.4 Å². The van der Waals surface area contributed by atoms with Crippen molar-refractivity contribution in [2.45, 2.75) is 6.54 Å². The fourth-order valence-electron chi connectivity index (χ4n) is 3.11. The smallest absolute Gasteiger partial charge is 0.234 e. The van der Waals surface area contributed by atoms with Gasteiger partial charge in [0.15, 0.2) is 11.6 Å². The summed E-state index contributed by atoms with van der Waals surface area (Å²) >= 11 is 3.41. The monoisotopic (exact) mass is 468 g/mol. The van der Waals surface area contributed by atoms with Crippen LogP contribution in [0.5, 0.6) is 0 Å². The number of aromatic amines is 1. The summed E-state index contributed by atoms with van der Waals surface area (Å²) in [6.07, 6.45) is 3.28. The molecule has 0 aliphatic heterocycles. The molecular formula is C21H13BrF2N5O+. The lowest BCUT2D eigenvalue weighted by molar-refractivity contribution is -0.746. The molecule has 0 unspecified atom stereocenters. The maximum atomic E-state index is 14.1. The van der Waals surface area contributed by atoms with Crippen LogP contribution in [0.25, 0.3) is 33.7 Å². The molecular weight excluding hydrogens is 456 g/mol. The lowest BCUT2D eigenvalue weighted by atomic mass is 10.1. The van der Waals surface area contributed by atoms with Gasteiger partial charge in [0.05, 0.1) is 5.56 Å². The van der Waals surface area contributed by atoms with Crippen molar-refractivity contribution in [1.29, 1.82) is 0 Å². The zero-order valence-corrected chi connectivity index (χ0v) is 16.9. The molecule has 9 heteroatoms. The fourth-order valence-corrected chi connectivity index (χ4v) is 3.38. The molecule has 148 valence electrons. The number of H-pyrrole nitrogens is 1. The Bertz CT molecular complexity index is 1360. The Kier molecular flexibility index (Phi) is 4.59. The van der Waals surface area contributed by atoms with Crippen LogP contribution in [0, 0.1) is 11.6 Å². The predicted molar refractivity (Wildman–Crippen MR) is 108 cm³/mol. The van der Waals surface area contributed by atoms with E-state index in [-0.39, 0.29) is 11.4 Å². The van der Waals surface area contributed by atoms with Gasteiger partial charge >= 0.3 is 0 Å². The van der Waals surface area contributed by atoms with Gasteiger partial charge in [-0.3, -0.25) is 0 Å². The second-order valence-electron chi connectivity index (χ2n) is 6.64. The minimum absolute atomic E-state index is 0.0622. The van der Waals surface area contributed by atoms with Crippen LogP contribution in [-0.2, 0) is 6.54 Å². The highest BCUT2D eigenvalue weighted by atomic mass is 79.9. The highest BCUT2D eigenvalue weighted by Crippen LogP contribution is 2.24. The molecule has 2 aromatic carbocycles. The Balaban J connectivity index is 1.42. The molecule has 0 spiro atoms. The standard InChI is InChI=1S/C21H12BrF2N5O/c22-13-6-4-12(5-7-13)17-8-14(30-28-17)10-29-11-19-18(9-25-29)26-21(27-19)15-2-1-3-16(23)20(15)24/h1-9,11H,10H2/p+1. The van der Waals surface area contributed by atoms with Crippen LogP contribution in [0.15, 0.2) is 69.9 Å². The van der Waals surface area contributed by atoms with Crippen molar-refractivity contribution in [1.82, 2.24) is 20.2 Å². The Morgan fingerprint density at radius 3 is 2.77 bits per heavy atom. The van der Waals surface area contributed by atoms with Crippen LogP contribution in [0.4, 0.5) is 8.78 Å². The molecule has 5 aromatic rings. The normalized spacial score (nSPS) is 11.3. The summed E-state index contributed by atoms with van der Waals surface area (Å²) in [5, 5.41) is 8.42. The molecule has 0 aliphatic rings. The second kappa shape index (κ2) is 7.42. The van der Waals surface area contributed by atoms with Crippen molar-refractivity contribution in [2.75, 3.05) is 0 Å². The van der Waals surface area contributed by atoms with Gasteiger partial charge in [0, 0.05) is 16.1 Å². The van der Waals surface area contributed by atoms with Gasteiger partial charge in [-0.15, -0.1) is 0 Å². The SMILES string of the molecule is Fc1cccc(-c2nc3cn[n+](Cc4cc(-c5ccc(Br)cc5)no4)cc3[nH]2)c1F. The molecule has 0 saturated carbocycles. The predicted octanol–water partition coefficient (Wildman–Crippen LogP) is 4.66. The molecule has 5 rings (SSSR count). The van der Waals surface area contributed by atoms with Gasteiger partial charge in [-0.25, -0.2) is 13.8 Å². The van der Waals surface area contributed by atoms with Crippen LogP contribution in [0.1, 0.15) is 5.76 Å². The van der Waals surface area contributed by atoms with Crippen molar-refractivity contribution in [3.05, 3.63) is 82.8 Å². The maximum absolute atomic E-state index is 14.1. The number of hydrogen-bond donors (Lipinski definition) is 1. The number of rotatable bonds is 4. The first-order valence-corrected chi connectivity index (χ1v) is 9.77. The van der Waals surface area contributed by atoms with Gasteiger partial charge in [-0.1, -0.05) is 44.0 Å². The van der Waals surface area contributed by atoms with E-state index in [2.05, 4.69) is 36.2 Å². The van der Waals surface area contributed by atoms with E-state index in [1.807, 2.05) is 30.3 Å². The Morgan fingerprint density at radius 2 is 1.93 bits per heavy atom. The van der Waals surface area contributed by atoms with E-state index < -0.39 is 11.6 Å². The average Bonchev–Trinajstić information content (AvgIpc) is 3.37. The molecule has 0 bridgehead atoms. The number of imidazole rings is 1. The molecule has 0 saturated heterocycles. The Morgan fingerprint density at radius 1 is 1.10 bits per heavy atom. The number of benzene rings is 2. The van der Waals surface area contributed by atoms with Crippen molar-refractivity contribution in [3.63, 3.8) is 0 Å². The Hall–Kier alpha value is -3.46. The van der Waals surface area contributed by atoms with Crippen molar-refractivity contribution in [3.8, 4) is 22.6 Å². The summed E-state index contributed by atoms with van der Waals surface area (Å²) in [5.74, 6) is -1.01. The van der Waals surface area contributed by atoms with Crippen LogP contribution < -0.4 is 4.68 Å². The van der Waals surface area contributed by atoms with Crippen LogP contribution in [0.2, 0.25) is 0 Å². The van der Waals surface area contributed by atoms with Crippen molar-refractivity contribution in [2.24, 2.45) is 0 Å². The first-order chi connectivity index (χ1) is 14.6. The number of nitrogens with one attached hydrogen (secondary N) is 1. The maximum Gasteiger partial charge on any atom is 0.234 e. The fraction of sp³-hybridized carbons (Fsp3) is 0.0476. The minimum atomic E-state index is -0.945. The van der Waals surface area contributed by atoms with E-state index >= 15 is 0 Å². The van der Waals surface area contributed by atoms with Gasteiger partial charge in [0.25, 0.3) is 0 Å². The van der Waals surface area contributed by atoms with E-state index in [1.54, 1.807) is 17.1 Å². The zero-order chi connectivity index (χ0) is 20.7. The topological polar surface area (TPSA) is 71.5 Å². The molecule has 0 atom stereocenters. The molecule has 0 aliphatic carbocycles. The Labute approximate surface area is 177 Å². The minimum Gasteiger partial charge on any atom is -0.354 e. The number of fused-ring (bicyclic) bond motifs is 1. The molecule has 0 amide bonds. The quantitative estimate of drug-likeness (QED) is 0.389. The average molecular weight is 469 g/mol. The summed E-state index contributed by atoms with van der Waals surface area (Å²) in [6.45, 7) is 0.349. The van der Waals surface area contributed by atoms with E-state index in [1.165, 1.54) is 12.1 Å². The number of hydrogen-bond acceptors (Lipinski definition) is 4. The number of nitrogens with zero attached hydrogens (tertiary/aromatic N) is 4. The third-order valence-corrected chi connectivity index (χ3v) is 5.12. The van der Waals surface area contributed by atoms with E-state index in [0.717, 1.165) is 21.8 Å². The first-order valence-electron chi connectivity index (χ1n) is 8.98. The number of halogens is 3. The van der Waals surface area contributed by atoms with E-state index in [9.17, 15) is 8.78 Å². The first kappa shape index (κ1) is 18.6. The largest absolute Gasteiger partial charge is 0.354 e. The molecule has 0 fully saturated rings. The second-order valence-corrected chi connectivity index (χ2v) is 7.56. The van der Waals surface area contributed by atoms with Crippen LogP contribution in [-0.4, -0.2) is 20.2 Å². The molecule has 30 heavy (non-hydrogen) atoms. The van der Waals surface area contributed by atoms with E-state index in [4.69, 9.17) is 4.52 Å². The summed E-state index contributed by atoms with van der Waals surface area (Å²) in [7, 11) is 0. The van der Waals surface area contributed by atoms with Gasteiger partial charge in [-0.2, -0.15) is 0 Å². The highest BCUT2D eigenvalue weighted by molar-refractivity contribution is 9.10.